The molecular weight excluding hydrogens is 518 g/mol. The minimum atomic E-state index is -1.94. The number of nitriles is 1. The van der Waals surface area contributed by atoms with Crippen molar-refractivity contribution in [2.75, 3.05) is 13.2 Å². The van der Waals surface area contributed by atoms with Crippen LogP contribution in [0.2, 0.25) is 18.1 Å². The average molecular weight is 560 g/mol. The van der Waals surface area contributed by atoms with E-state index in [1.54, 1.807) is 6.07 Å². The van der Waals surface area contributed by atoms with Crippen LogP contribution in [0.15, 0.2) is 42.0 Å². The van der Waals surface area contributed by atoms with Crippen LogP contribution in [0.4, 0.5) is 0 Å². The fourth-order valence-electron chi connectivity index (χ4n) is 5.79. The minimum absolute atomic E-state index is 0.0384. The van der Waals surface area contributed by atoms with Gasteiger partial charge in [0.25, 0.3) is 0 Å². The molecule has 2 atom stereocenters. The van der Waals surface area contributed by atoms with Crippen molar-refractivity contribution in [3.63, 3.8) is 0 Å². The maximum absolute atomic E-state index is 13.7. The van der Waals surface area contributed by atoms with Crippen molar-refractivity contribution >= 4 is 19.7 Å². The van der Waals surface area contributed by atoms with Gasteiger partial charge in [-0.1, -0.05) is 40.7 Å². The second kappa shape index (κ2) is 9.66. The van der Waals surface area contributed by atoms with Crippen LogP contribution in [-0.2, 0) is 25.7 Å². The standard InChI is InChI=1S/C33H41NO5Si/c1-31(2,3)40(8,9)37-19-28-27(38-33(6,7)39-28)18-36-22-11-13-24-25(16-22)32(4,5)26-15-21-14-20(17-34)10-12-23(21)29(26)30(24)35/h10-14,16,27-28H,15,18-19H2,1-9H3/t27-,28-/m1/s1. The first-order valence-electron chi connectivity index (χ1n) is 14.1. The van der Waals surface area contributed by atoms with E-state index in [0.29, 0.717) is 36.5 Å². The average Bonchev–Trinajstić information content (AvgIpc) is 3.41. The maximum atomic E-state index is 13.7. The number of carbonyl (C=O) groups is 1. The van der Waals surface area contributed by atoms with E-state index in [4.69, 9.17) is 18.6 Å². The van der Waals surface area contributed by atoms with Gasteiger partial charge in [0.05, 0.1) is 18.2 Å². The molecule has 2 aromatic carbocycles. The third-order valence-electron chi connectivity index (χ3n) is 9.18. The Morgan fingerprint density at radius 3 is 2.30 bits per heavy atom. The summed E-state index contributed by atoms with van der Waals surface area (Å²) in [6, 6.07) is 13.6. The number of Topliss-reactive ketones (excluding diaryl/α,β-unsaturated/α-hetero) is 1. The molecule has 1 aliphatic heterocycles. The van der Waals surface area contributed by atoms with Gasteiger partial charge in [0.15, 0.2) is 19.9 Å². The molecule has 0 aromatic heterocycles. The van der Waals surface area contributed by atoms with Crippen molar-refractivity contribution in [2.45, 2.75) is 96.4 Å². The molecule has 1 heterocycles. The van der Waals surface area contributed by atoms with Crippen molar-refractivity contribution in [1.82, 2.24) is 0 Å². The highest BCUT2D eigenvalue weighted by Crippen LogP contribution is 2.50. The zero-order valence-electron chi connectivity index (χ0n) is 25.2. The van der Waals surface area contributed by atoms with Gasteiger partial charge in [-0.05, 0) is 91.0 Å². The van der Waals surface area contributed by atoms with E-state index in [9.17, 15) is 10.1 Å². The largest absolute Gasteiger partial charge is 0.491 e. The maximum Gasteiger partial charge on any atom is 0.193 e. The van der Waals surface area contributed by atoms with Crippen molar-refractivity contribution in [3.8, 4) is 11.8 Å². The summed E-state index contributed by atoms with van der Waals surface area (Å²) in [5.74, 6) is 0.0191. The Hall–Kier alpha value is -2.76. The summed E-state index contributed by atoms with van der Waals surface area (Å²) in [6.07, 6.45) is 0.156. The lowest BCUT2D eigenvalue weighted by molar-refractivity contribution is -0.150. The molecule has 0 N–H and O–H groups in total. The second-order valence-corrected chi connectivity index (χ2v) is 18.6. The Morgan fingerprint density at radius 1 is 1.00 bits per heavy atom. The van der Waals surface area contributed by atoms with Gasteiger partial charge in [0.2, 0.25) is 0 Å². The Bertz CT molecular complexity index is 1440. The molecule has 0 radical (unpaired) electrons. The molecule has 40 heavy (non-hydrogen) atoms. The number of fused-ring (bicyclic) bond motifs is 3. The van der Waals surface area contributed by atoms with Crippen molar-refractivity contribution in [3.05, 3.63) is 69.8 Å². The van der Waals surface area contributed by atoms with E-state index < -0.39 is 14.1 Å². The highest BCUT2D eigenvalue weighted by Gasteiger charge is 2.45. The number of benzene rings is 2. The van der Waals surface area contributed by atoms with Crippen molar-refractivity contribution < 1.29 is 23.4 Å². The van der Waals surface area contributed by atoms with Crippen LogP contribution in [-0.4, -0.2) is 45.3 Å². The predicted molar refractivity (Wildman–Crippen MR) is 158 cm³/mol. The number of hydrogen-bond donors (Lipinski definition) is 0. The van der Waals surface area contributed by atoms with Gasteiger partial charge in [-0.15, -0.1) is 0 Å². The number of carbonyl (C=O) groups excluding carboxylic acids is 1. The Balaban J connectivity index is 1.34. The quantitative estimate of drug-likeness (QED) is 0.356. The normalized spacial score (nSPS) is 22.9. The molecule has 2 aromatic rings. The van der Waals surface area contributed by atoms with Crippen LogP contribution in [0.1, 0.15) is 81.1 Å². The first kappa shape index (κ1) is 28.8. The smallest absolute Gasteiger partial charge is 0.193 e. The van der Waals surface area contributed by atoms with Crippen LogP contribution in [0, 0.1) is 11.3 Å². The van der Waals surface area contributed by atoms with Crippen molar-refractivity contribution in [1.29, 1.82) is 5.26 Å². The van der Waals surface area contributed by atoms with E-state index in [-0.39, 0.29) is 28.4 Å². The summed E-state index contributed by atoms with van der Waals surface area (Å²) in [5, 5.41) is 9.47. The summed E-state index contributed by atoms with van der Waals surface area (Å²) < 4.78 is 25.2. The summed E-state index contributed by atoms with van der Waals surface area (Å²) in [5.41, 5.74) is 5.80. The molecule has 1 fully saturated rings. The molecule has 0 amide bonds. The SMILES string of the molecule is CC1(C)O[C@H](COc2ccc3c(c2)C(C)(C)C2=C(C3=O)c3ccc(C#N)cc3C2)[C@@H](CO[Si](C)(C)C(C)(C)C)O1. The third-order valence-corrected chi connectivity index (χ3v) is 13.7. The van der Waals surface area contributed by atoms with Crippen LogP contribution in [0.25, 0.3) is 5.57 Å². The monoisotopic (exact) mass is 559 g/mol. The number of rotatable bonds is 6. The Labute approximate surface area is 239 Å². The molecule has 0 spiro atoms. The van der Waals surface area contributed by atoms with Gasteiger partial charge in [0, 0.05) is 16.6 Å². The molecule has 5 rings (SSSR count). The van der Waals surface area contributed by atoms with Gasteiger partial charge in [-0.3, -0.25) is 4.79 Å². The molecule has 0 bridgehead atoms. The highest BCUT2D eigenvalue weighted by atomic mass is 28.4. The molecule has 7 heteroatoms. The van der Waals surface area contributed by atoms with Crippen LogP contribution in [0.5, 0.6) is 5.75 Å². The lowest BCUT2D eigenvalue weighted by Crippen LogP contribution is -2.44. The summed E-state index contributed by atoms with van der Waals surface area (Å²) in [6.45, 7) is 20.1. The zero-order valence-corrected chi connectivity index (χ0v) is 26.2. The van der Waals surface area contributed by atoms with E-state index in [2.05, 4.69) is 53.8 Å². The highest BCUT2D eigenvalue weighted by molar-refractivity contribution is 6.74. The van der Waals surface area contributed by atoms with E-state index >= 15 is 0 Å². The van der Waals surface area contributed by atoms with Gasteiger partial charge in [0.1, 0.15) is 24.6 Å². The fourth-order valence-corrected chi connectivity index (χ4v) is 6.80. The number of nitrogens with zero attached hydrogens (tertiary/aromatic N) is 1. The molecule has 212 valence electrons. The number of ether oxygens (including phenoxy) is 3. The third kappa shape index (κ3) is 4.96. The van der Waals surface area contributed by atoms with Gasteiger partial charge in [-0.25, -0.2) is 0 Å². The number of allylic oxidation sites excluding steroid dienone is 2. The lowest BCUT2D eigenvalue weighted by Gasteiger charge is -2.37. The molecule has 1 saturated heterocycles. The molecule has 3 aliphatic rings. The van der Waals surface area contributed by atoms with Crippen LogP contribution in [0.3, 0.4) is 0 Å². The molecular formula is C33H41NO5Si. The van der Waals surface area contributed by atoms with E-state index in [0.717, 1.165) is 27.8 Å². The summed E-state index contributed by atoms with van der Waals surface area (Å²) in [7, 11) is -1.94. The van der Waals surface area contributed by atoms with E-state index in [1.165, 1.54) is 0 Å². The summed E-state index contributed by atoms with van der Waals surface area (Å²) >= 11 is 0. The molecule has 0 saturated carbocycles. The first-order valence-corrected chi connectivity index (χ1v) is 17.0. The lowest BCUT2D eigenvalue weighted by atomic mass is 9.68. The minimum Gasteiger partial charge on any atom is -0.491 e. The zero-order chi connectivity index (χ0) is 29.3. The molecule has 2 aliphatic carbocycles. The van der Waals surface area contributed by atoms with Gasteiger partial charge >= 0.3 is 0 Å². The first-order chi connectivity index (χ1) is 18.5. The van der Waals surface area contributed by atoms with Gasteiger partial charge in [-0.2, -0.15) is 5.26 Å². The predicted octanol–water partition coefficient (Wildman–Crippen LogP) is 6.96. The topological polar surface area (TPSA) is 77.8 Å². The van der Waals surface area contributed by atoms with Crippen molar-refractivity contribution in [2.24, 2.45) is 0 Å². The number of ketones is 1. The second-order valence-electron chi connectivity index (χ2n) is 13.8. The van der Waals surface area contributed by atoms with Gasteiger partial charge < -0.3 is 18.6 Å². The van der Waals surface area contributed by atoms with E-state index in [1.807, 2.05) is 44.2 Å². The molecule has 0 unspecified atom stereocenters. The summed E-state index contributed by atoms with van der Waals surface area (Å²) in [4.78, 5) is 13.7. The number of hydrogen-bond acceptors (Lipinski definition) is 6. The molecule has 6 nitrogen and oxygen atoms in total. The Morgan fingerprint density at radius 2 is 1.65 bits per heavy atom. The van der Waals surface area contributed by atoms with Crippen LogP contribution < -0.4 is 4.74 Å². The van der Waals surface area contributed by atoms with Crippen LogP contribution >= 0.6 is 0 Å². The Kier molecular flexibility index (Phi) is 6.95. The fraction of sp³-hybridized carbons (Fsp3) is 0.515.